The Kier molecular flexibility index (Phi) is 4.76. The van der Waals surface area contributed by atoms with Crippen LogP contribution in [0.15, 0.2) is 18.2 Å². The molecular weight excluding hydrogens is 224 g/mol. The van der Waals surface area contributed by atoms with Gasteiger partial charge < -0.3 is 11.1 Å². The highest BCUT2D eigenvalue weighted by Crippen LogP contribution is 2.27. The number of nitrogens with one attached hydrogen (secondary N) is 1. The van der Waals surface area contributed by atoms with Crippen LogP contribution in [0.3, 0.4) is 0 Å². The second-order valence-corrected chi connectivity index (χ2v) is 4.82. The number of nitrogens with two attached hydrogens (primary N) is 1. The molecule has 0 aliphatic carbocycles. The molecule has 0 aliphatic heterocycles. The summed E-state index contributed by atoms with van der Waals surface area (Å²) in [6, 6.07) is 5.58. The Bertz CT molecular complexity index is 414. The predicted molar refractivity (Wildman–Crippen MR) is 78.1 cm³/mol. The van der Waals surface area contributed by atoms with Gasteiger partial charge in [-0.15, -0.1) is 0 Å². The predicted octanol–water partition coefficient (Wildman–Crippen LogP) is 3.85. The molecule has 1 rings (SSSR count). The van der Waals surface area contributed by atoms with Gasteiger partial charge in [0.15, 0.2) is 5.78 Å². The van der Waals surface area contributed by atoms with Crippen LogP contribution in [0.5, 0.6) is 0 Å². The lowest BCUT2D eigenvalue weighted by atomic mass is 9.89. The van der Waals surface area contributed by atoms with Gasteiger partial charge in [0.05, 0.1) is 0 Å². The molecule has 3 nitrogen and oxygen atoms in total. The number of nitrogen functional groups attached to an aromatic ring is 1. The highest BCUT2D eigenvalue weighted by molar-refractivity contribution is 5.99. The molecular formula is C15H24N2O. The van der Waals surface area contributed by atoms with Gasteiger partial charge in [0.25, 0.3) is 0 Å². The molecule has 3 heteroatoms. The lowest BCUT2D eigenvalue weighted by molar-refractivity contribution is 0.101. The van der Waals surface area contributed by atoms with Crippen molar-refractivity contribution in [1.29, 1.82) is 0 Å². The van der Waals surface area contributed by atoms with Crippen molar-refractivity contribution in [3.8, 4) is 0 Å². The zero-order valence-electron chi connectivity index (χ0n) is 11.8. The fourth-order valence-electron chi connectivity index (χ4n) is 2.28. The van der Waals surface area contributed by atoms with Gasteiger partial charge in [0.2, 0.25) is 0 Å². The van der Waals surface area contributed by atoms with Crippen molar-refractivity contribution < 1.29 is 4.79 Å². The smallest absolute Gasteiger partial charge is 0.161 e. The standard InChI is InChI=1S/C15H24N2O/c1-5-15(6-2,7-3)17-12-8-9-13(11(4)18)14(16)10-12/h8-10,17H,5-7,16H2,1-4H3. The third kappa shape index (κ3) is 3.03. The molecule has 1 aromatic rings. The Morgan fingerprint density at radius 2 is 1.78 bits per heavy atom. The van der Waals surface area contributed by atoms with Gasteiger partial charge in [-0.05, 0) is 44.4 Å². The van der Waals surface area contributed by atoms with E-state index in [1.54, 1.807) is 6.07 Å². The van der Waals surface area contributed by atoms with Crippen LogP contribution < -0.4 is 11.1 Å². The van der Waals surface area contributed by atoms with Gasteiger partial charge in [-0.3, -0.25) is 4.79 Å². The van der Waals surface area contributed by atoms with Crippen molar-refractivity contribution >= 4 is 17.2 Å². The minimum atomic E-state index is 0.00629. The van der Waals surface area contributed by atoms with E-state index in [1.165, 1.54) is 6.92 Å². The third-order valence-corrected chi connectivity index (χ3v) is 3.87. The zero-order valence-corrected chi connectivity index (χ0v) is 11.8. The maximum atomic E-state index is 11.3. The summed E-state index contributed by atoms with van der Waals surface area (Å²) in [6.45, 7) is 8.10. The highest BCUT2D eigenvalue weighted by atomic mass is 16.1. The van der Waals surface area contributed by atoms with Crippen LogP contribution in [-0.4, -0.2) is 11.3 Å². The van der Waals surface area contributed by atoms with Crippen LogP contribution in [0.25, 0.3) is 0 Å². The number of hydrogen-bond donors (Lipinski definition) is 2. The summed E-state index contributed by atoms with van der Waals surface area (Å²) < 4.78 is 0. The number of carbonyl (C=O) groups is 1. The number of Topliss-reactive ketones (excluding diaryl/α,β-unsaturated/α-hetero) is 1. The van der Waals surface area contributed by atoms with E-state index in [-0.39, 0.29) is 11.3 Å². The van der Waals surface area contributed by atoms with Crippen LogP contribution in [0.1, 0.15) is 57.3 Å². The first kappa shape index (κ1) is 14.6. The van der Waals surface area contributed by atoms with Gasteiger partial charge in [-0.1, -0.05) is 20.8 Å². The van der Waals surface area contributed by atoms with Crippen LogP contribution >= 0.6 is 0 Å². The van der Waals surface area contributed by atoms with Crippen LogP contribution in [0.4, 0.5) is 11.4 Å². The van der Waals surface area contributed by atoms with Crippen LogP contribution in [0, 0.1) is 0 Å². The minimum absolute atomic E-state index is 0.00629. The summed E-state index contributed by atoms with van der Waals surface area (Å²) >= 11 is 0. The number of anilines is 2. The Morgan fingerprint density at radius 3 is 2.17 bits per heavy atom. The molecule has 1 aromatic carbocycles. The molecule has 0 saturated heterocycles. The van der Waals surface area contributed by atoms with E-state index in [9.17, 15) is 4.79 Å². The summed E-state index contributed by atoms with van der Waals surface area (Å²) in [5.41, 5.74) is 8.15. The second-order valence-electron chi connectivity index (χ2n) is 4.82. The van der Waals surface area contributed by atoms with Gasteiger partial charge in [0, 0.05) is 22.5 Å². The first-order chi connectivity index (χ1) is 8.48. The average molecular weight is 248 g/mol. The van der Waals surface area contributed by atoms with Crippen molar-refractivity contribution in [2.45, 2.75) is 52.5 Å². The summed E-state index contributed by atoms with van der Waals surface area (Å²) in [7, 11) is 0. The Morgan fingerprint density at radius 1 is 1.22 bits per heavy atom. The van der Waals surface area contributed by atoms with E-state index >= 15 is 0 Å². The molecule has 0 saturated carbocycles. The summed E-state index contributed by atoms with van der Waals surface area (Å²) in [4.78, 5) is 11.3. The number of rotatable bonds is 6. The SMILES string of the molecule is CCC(CC)(CC)Nc1ccc(C(C)=O)c(N)c1. The molecule has 100 valence electrons. The van der Waals surface area contributed by atoms with Crippen molar-refractivity contribution in [2.75, 3.05) is 11.1 Å². The molecule has 0 amide bonds. The molecule has 0 fully saturated rings. The van der Waals surface area contributed by atoms with Gasteiger partial charge in [0.1, 0.15) is 0 Å². The van der Waals surface area contributed by atoms with Crippen molar-refractivity contribution in [3.63, 3.8) is 0 Å². The van der Waals surface area contributed by atoms with Crippen LogP contribution in [0.2, 0.25) is 0 Å². The Balaban J connectivity index is 2.98. The molecule has 0 bridgehead atoms. The minimum Gasteiger partial charge on any atom is -0.398 e. The molecule has 0 radical (unpaired) electrons. The van der Waals surface area contributed by atoms with Gasteiger partial charge in [-0.2, -0.15) is 0 Å². The number of hydrogen-bond acceptors (Lipinski definition) is 3. The normalized spacial score (nSPS) is 11.3. The molecule has 0 unspecified atom stereocenters. The summed E-state index contributed by atoms with van der Waals surface area (Å²) in [5, 5.41) is 3.56. The van der Waals surface area contributed by atoms with Gasteiger partial charge >= 0.3 is 0 Å². The topological polar surface area (TPSA) is 55.1 Å². The van der Waals surface area contributed by atoms with Crippen molar-refractivity contribution in [3.05, 3.63) is 23.8 Å². The number of ketones is 1. The first-order valence-electron chi connectivity index (χ1n) is 6.66. The van der Waals surface area contributed by atoms with Crippen LogP contribution in [-0.2, 0) is 0 Å². The lowest BCUT2D eigenvalue weighted by Gasteiger charge is -2.33. The second kappa shape index (κ2) is 5.89. The quantitative estimate of drug-likeness (QED) is 0.594. The lowest BCUT2D eigenvalue weighted by Crippen LogP contribution is -2.36. The van der Waals surface area contributed by atoms with Crippen molar-refractivity contribution in [1.82, 2.24) is 0 Å². The molecule has 3 N–H and O–H groups in total. The molecule has 18 heavy (non-hydrogen) atoms. The summed E-state index contributed by atoms with van der Waals surface area (Å²) in [5.74, 6) is 0.00629. The summed E-state index contributed by atoms with van der Waals surface area (Å²) in [6.07, 6.45) is 3.19. The molecule has 0 heterocycles. The largest absolute Gasteiger partial charge is 0.398 e. The molecule has 0 atom stereocenters. The van der Waals surface area contributed by atoms with Gasteiger partial charge in [-0.25, -0.2) is 0 Å². The van der Waals surface area contributed by atoms with Crippen molar-refractivity contribution in [2.24, 2.45) is 0 Å². The molecule has 0 aromatic heterocycles. The monoisotopic (exact) mass is 248 g/mol. The maximum absolute atomic E-state index is 11.3. The zero-order chi connectivity index (χ0) is 13.8. The fraction of sp³-hybridized carbons (Fsp3) is 0.533. The fourth-order valence-corrected chi connectivity index (χ4v) is 2.28. The van der Waals surface area contributed by atoms with E-state index < -0.39 is 0 Å². The molecule has 0 aliphatic rings. The highest BCUT2D eigenvalue weighted by Gasteiger charge is 2.23. The number of benzene rings is 1. The number of carbonyl (C=O) groups excluding carboxylic acids is 1. The van der Waals surface area contributed by atoms with E-state index in [0.717, 1.165) is 24.9 Å². The van der Waals surface area contributed by atoms with E-state index in [4.69, 9.17) is 5.73 Å². The van der Waals surface area contributed by atoms with E-state index in [2.05, 4.69) is 26.1 Å². The Labute approximate surface area is 110 Å². The maximum Gasteiger partial charge on any atom is 0.161 e. The first-order valence-corrected chi connectivity index (χ1v) is 6.66. The third-order valence-electron chi connectivity index (χ3n) is 3.87. The van der Waals surface area contributed by atoms with E-state index in [0.29, 0.717) is 11.3 Å². The average Bonchev–Trinajstić information content (AvgIpc) is 2.36. The Hall–Kier alpha value is -1.51. The van der Waals surface area contributed by atoms with E-state index in [1.807, 2.05) is 12.1 Å². The molecule has 0 spiro atoms.